The molecule has 1 aliphatic rings. The van der Waals surface area contributed by atoms with Crippen molar-refractivity contribution >= 4 is 15.9 Å². The smallest absolute Gasteiger partial charge is 0.422 e. The molecule has 0 aromatic heterocycles. The van der Waals surface area contributed by atoms with Gasteiger partial charge in [-0.05, 0) is 43.5 Å². The molecule has 0 radical (unpaired) electrons. The second kappa shape index (κ2) is 7.01. The summed E-state index contributed by atoms with van der Waals surface area (Å²) in [5.41, 5.74) is 0.794. The van der Waals surface area contributed by atoms with Gasteiger partial charge in [0.05, 0.1) is 0 Å². The van der Waals surface area contributed by atoms with Gasteiger partial charge in [-0.2, -0.15) is 13.2 Å². The molecule has 118 valence electrons. The van der Waals surface area contributed by atoms with Crippen LogP contribution in [-0.4, -0.2) is 30.8 Å². The fraction of sp³-hybridized carbons (Fsp3) is 0.600. The average molecular weight is 366 g/mol. The molecule has 1 heterocycles. The van der Waals surface area contributed by atoms with E-state index in [0.29, 0.717) is 18.2 Å². The molecule has 1 fully saturated rings. The SMILES string of the molecule is CC1CCCN(Cc2cc(Br)ccc2OCC(F)(F)F)C1. The van der Waals surface area contributed by atoms with Crippen LogP contribution in [0.5, 0.6) is 5.75 Å². The third-order valence-electron chi connectivity index (χ3n) is 3.55. The standard InChI is InChI=1S/C15H19BrF3NO/c1-11-3-2-6-20(8-11)9-12-7-13(16)4-5-14(12)21-10-15(17,18)19/h4-5,7,11H,2-3,6,8-10H2,1H3. The fourth-order valence-corrected chi connectivity index (χ4v) is 3.05. The Kier molecular flexibility index (Phi) is 5.54. The number of rotatable bonds is 4. The molecule has 21 heavy (non-hydrogen) atoms. The van der Waals surface area contributed by atoms with Crippen LogP contribution in [0.15, 0.2) is 22.7 Å². The molecule has 1 aliphatic heterocycles. The van der Waals surface area contributed by atoms with E-state index < -0.39 is 12.8 Å². The van der Waals surface area contributed by atoms with Crippen molar-refractivity contribution in [2.75, 3.05) is 19.7 Å². The molecule has 0 N–H and O–H groups in total. The van der Waals surface area contributed by atoms with Crippen LogP contribution in [0.25, 0.3) is 0 Å². The first-order valence-corrected chi connectivity index (χ1v) is 7.83. The zero-order valence-electron chi connectivity index (χ0n) is 11.9. The molecule has 6 heteroatoms. The number of halogens is 4. The molecule has 1 unspecified atom stereocenters. The predicted molar refractivity (Wildman–Crippen MR) is 79.4 cm³/mol. The number of hydrogen-bond donors (Lipinski definition) is 0. The Morgan fingerprint density at radius 2 is 2.14 bits per heavy atom. The highest BCUT2D eigenvalue weighted by Gasteiger charge is 2.29. The summed E-state index contributed by atoms with van der Waals surface area (Å²) in [4.78, 5) is 2.27. The van der Waals surface area contributed by atoms with Crippen LogP contribution in [-0.2, 0) is 6.54 Å². The van der Waals surface area contributed by atoms with E-state index in [0.717, 1.165) is 29.5 Å². The molecular formula is C15H19BrF3NO. The van der Waals surface area contributed by atoms with Gasteiger partial charge in [0, 0.05) is 23.1 Å². The summed E-state index contributed by atoms with van der Waals surface area (Å²) in [5.74, 6) is 0.944. The zero-order valence-corrected chi connectivity index (χ0v) is 13.5. The Bertz CT molecular complexity index is 478. The van der Waals surface area contributed by atoms with Crippen LogP contribution in [0.3, 0.4) is 0 Å². The van der Waals surface area contributed by atoms with Gasteiger partial charge in [0.2, 0.25) is 0 Å². The van der Waals surface area contributed by atoms with E-state index >= 15 is 0 Å². The van der Waals surface area contributed by atoms with Gasteiger partial charge >= 0.3 is 6.18 Å². The number of nitrogens with zero attached hydrogens (tertiary/aromatic N) is 1. The Hall–Kier alpha value is -0.750. The van der Waals surface area contributed by atoms with E-state index in [1.54, 1.807) is 12.1 Å². The highest BCUT2D eigenvalue weighted by molar-refractivity contribution is 9.10. The van der Waals surface area contributed by atoms with E-state index in [9.17, 15) is 13.2 Å². The first kappa shape index (κ1) is 16.6. The molecule has 1 atom stereocenters. The summed E-state index contributed by atoms with van der Waals surface area (Å²) in [5, 5.41) is 0. The van der Waals surface area contributed by atoms with E-state index in [-0.39, 0.29) is 0 Å². The van der Waals surface area contributed by atoms with Crippen molar-refractivity contribution in [1.82, 2.24) is 4.90 Å². The van der Waals surface area contributed by atoms with E-state index in [4.69, 9.17) is 4.74 Å². The molecule has 0 spiro atoms. The quantitative estimate of drug-likeness (QED) is 0.771. The Morgan fingerprint density at radius 3 is 2.81 bits per heavy atom. The zero-order chi connectivity index (χ0) is 15.5. The van der Waals surface area contributed by atoms with Crippen LogP contribution >= 0.6 is 15.9 Å². The van der Waals surface area contributed by atoms with Crippen molar-refractivity contribution in [2.24, 2.45) is 5.92 Å². The summed E-state index contributed by atoms with van der Waals surface area (Å²) < 4.78 is 42.8. The Labute approximate surface area is 131 Å². The molecule has 0 amide bonds. The van der Waals surface area contributed by atoms with Crippen molar-refractivity contribution in [1.29, 1.82) is 0 Å². The highest BCUT2D eigenvalue weighted by atomic mass is 79.9. The molecule has 2 nitrogen and oxygen atoms in total. The van der Waals surface area contributed by atoms with Gasteiger partial charge in [-0.3, -0.25) is 4.90 Å². The van der Waals surface area contributed by atoms with E-state index in [1.807, 2.05) is 6.07 Å². The summed E-state index contributed by atoms with van der Waals surface area (Å²) in [7, 11) is 0. The van der Waals surface area contributed by atoms with E-state index in [2.05, 4.69) is 27.8 Å². The average Bonchev–Trinajstić information content (AvgIpc) is 2.36. The van der Waals surface area contributed by atoms with Gasteiger partial charge in [0.1, 0.15) is 5.75 Å². The highest BCUT2D eigenvalue weighted by Crippen LogP contribution is 2.28. The monoisotopic (exact) mass is 365 g/mol. The molecule has 1 aromatic carbocycles. The van der Waals surface area contributed by atoms with Gasteiger partial charge in [-0.25, -0.2) is 0 Å². The van der Waals surface area contributed by atoms with Crippen molar-refractivity contribution < 1.29 is 17.9 Å². The van der Waals surface area contributed by atoms with Crippen LogP contribution in [0, 0.1) is 5.92 Å². The van der Waals surface area contributed by atoms with Crippen molar-refractivity contribution in [3.63, 3.8) is 0 Å². The minimum absolute atomic E-state index is 0.314. The van der Waals surface area contributed by atoms with Crippen LogP contribution in [0.2, 0.25) is 0 Å². The molecule has 2 rings (SSSR count). The van der Waals surface area contributed by atoms with Crippen molar-refractivity contribution in [2.45, 2.75) is 32.5 Å². The predicted octanol–water partition coefficient (Wildman–Crippen LogP) is 4.62. The van der Waals surface area contributed by atoms with Gasteiger partial charge in [-0.15, -0.1) is 0 Å². The van der Waals surface area contributed by atoms with Crippen molar-refractivity contribution in [3.8, 4) is 5.75 Å². The number of alkyl halides is 3. The molecule has 0 bridgehead atoms. The van der Waals surface area contributed by atoms with Gasteiger partial charge in [0.25, 0.3) is 0 Å². The lowest BCUT2D eigenvalue weighted by molar-refractivity contribution is -0.153. The summed E-state index contributed by atoms with van der Waals surface area (Å²) in [6.07, 6.45) is -1.97. The normalized spacial score (nSPS) is 20.5. The number of benzene rings is 1. The maximum Gasteiger partial charge on any atom is 0.422 e. The Balaban J connectivity index is 2.07. The van der Waals surface area contributed by atoms with Gasteiger partial charge < -0.3 is 4.74 Å². The first-order valence-electron chi connectivity index (χ1n) is 7.04. The van der Waals surface area contributed by atoms with Crippen molar-refractivity contribution in [3.05, 3.63) is 28.2 Å². The maximum atomic E-state index is 12.3. The summed E-state index contributed by atoms with van der Waals surface area (Å²) in [6.45, 7) is 3.53. The minimum Gasteiger partial charge on any atom is -0.484 e. The summed E-state index contributed by atoms with van der Waals surface area (Å²) >= 11 is 3.37. The third-order valence-corrected chi connectivity index (χ3v) is 4.04. The number of likely N-dealkylation sites (tertiary alicyclic amines) is 1. The molecule has 0 aliphatic carbocycles. The topological polar surface area (TPSA) is 12.5 Å². The molecule has 0 saturated carbocycles. The lowest BCUT2D eigenvalue weighted by Crippen LogP contribution is -2.33. The maximum absolute atomic E-state index is 12.3. The van der Waals surface area contributed by atoms with E-state index in [1.165, 1.54) is 6.42 Å². The first-order chi connectivity index (χ1) is 9.83. The van der Waals surface area contributed by atoms with Crippen LogP contribution < -0.4 is 4.74 Å². The summed E-state index contributed by atoms with van der Waals surface area (Å²) in [6, 6.07) is 5.14. The molecular weight excluding hydrogens is 347 g/mol. The van der Waals surface area contributed by atoms with Crippen LogP contribution in [0.4, 0.5) is 13.2 Å². The second-order valence-corrected chi connectivity index (χ2v) is 6.55. The van der Waals surface area contributed by atoms with Crippen LogP contribution in [0.1, 0.15) is 25.3 Å². The largest absolute Gasteiger partial charge is 0.484 e. The lowest BCUT2D eigenvalue weighted by Gasteiger charge is -2.31. The fourth-order valence-electron chi connectivity index (χ4n) is 2.64. The molecule has 1 aromatic rings. The number of hydrogen-bond acceptors (Lipinski definition) is 2. The molecule has 1 saturated heterocycles. The second-order valence-electron chi connectivity index (χ2n) is 5.64. The van der Waals surface area contributed by atoms with Gasteiger partial charge in [-0.1, -0.05) is 22.9 Å². The minimum atomic E-state index is -4.32. The Morgan fingerprint density at radius 1 is 1.38 bits per heavy atom. The number of ether oxygens (including phenoxy) is 1. The van der Waals surface area contributed by atoms with Gasteiger partial charge in [0.15, 0.2) is 6.61 Å². The lowest BCUT2D eigenvalue weighted by atomic mass is 10.00. The third kappa shape index (κ3) is 5.51. The number of piperidine rings is 1.